The van der Waals surface area contributed by atoms with E-state index in [0.29, 0.717) is 22.7 Å². The van der Waals surface area contributed by atoms with Gasteiger partial charge in [0.05, 0.1) is 19.7 Å². The highest BCUT2D eigenvalue weighted by molar-refractivity contribution is 5.90. The first-order valence-electron chi connectivity index (χ1n) is 10.9. The molecule has 0 bridgehead atoms. The van der Waals surface area contributed by atoms with Crippen LogP contribution in [0.15, 0.2) is 97.1 Å². The second-order valence-corrected chi connectivity index (χ2v) is 7.93. The Morgan fingerprint density at radius 1 is 0.618 bits per heavy atom. The van der Waals surface area contributed by atoms with Crippen molar-refractivity contribution in [2.45, 2.75) is 0 Å². The summed E-state index contributed by atoms with van der Waals surface area (Å²) in [6.45, 7) is 0. The number of benzene rings is 4. The molecule has 34 heavy (non-hydrogen) atoms. The first-order valence-corrected chi connectivity index (χ1v) is 10.9. The van der Waals surface area contributed by atoms with E-state index in [1.165, 1.54) is 0 Å². The monoisotopic (exact) mass is 442 g/mol. The van der Waals surface area contributed by atoms with E-state index < -0.39 is 0 Å². The molecule has 5 rings (SSSR count). The number of hydrogen-bond donors (Lipinski definition) is 0. The molecule has 0 radical (unpaired) electrons. The standard InChI is InChI=1S/C30H22N2O2/c1-33-29-17-25-16-26(28(19-31)32-27(25)18-30(29)34-2)24-14-22(20-9-5-3-6-10-20)13-23(15-24)21-11-7-4-8-12-21/h3-18H,1-2H3. The number of methoxy groups -OCH3 is 2. The maximum Gasteiger partial charge on any atom is 0.162 e. The van der Waals surface area contributed by atoms with Gasteiger partial charge in [-0.25, -0.2) is 4.98 Å². The number of aromatic nitrogens is 1. The van der Waals surface area contributed by atoms with Crippen molar-refractivity contribution in [2.24, 2.45) is 0 Å². The van der Waals surface area contributed by atoms with Crippen LogP contribution in [0.25, 0.3) is 44.3 Å². The summed E-state index contributed by atoms with van der Waals surface area (Å²) < 4.78 is 10.9. The van der Waals surface area contributed by atoms with Crippen LogP contribution in [-0.4, -0.2) is 19.2 Å². The van der Waals surface area contributed by atoms with E-state index in [0.717, 1.165) is 38.8 Å². The van der Waals surface area contributed by atoms with Crippen LogP contribution in [0.3, 0.4) is 0 Å². The first-order chi connectivity index (χ1) is 16.7. The van der Waals surface area contributed by atoms with Gasteiger partial charge in [0.15, 0.2) is 11.5 Å². The Kier molecular flexibility index (Phi) is 5.68. The molecule has 0 N–H and O–H groups in total. The largest absolute Gasteiger partial charge is 0.493 e. The van der Waals surface area contributed by atoms with Crippen LogP contribution in [0.1, 0.15) is 5.69 Å². The Labute approximate surface area is 198 Å². The number of nitrogens with zero attached hydrogens (tertiary/aromatic N) is 2. The van der Waals surface area contributed by atoms with Crippen LogP contribution in [0.4, 0.5) is 0 Å². The molecule has 0 fully saturated rings. The van der Waals surface area contributed by atoms with Crippen LogP contribution >= 0.6 is 0 Å². The van der Waals surface area contributed by atoms with Gasteiger partial charge in [0.25, 0.3) is 0 Å². The lowest BCUT2D eigenvalue weighted by molar-refractivity contribution is 0.356. The average Bonchev–Trinajstić information content (AvgIpc) is 2.92. The second kappa shape index (κ2) is 9.09. The fraction of sp³-hybridized carbons (Fsp3) is 0.0667. The summed E-state index contributed by atoms with van der Waals surface area (Å²) in [5.74, 6) is 1.20. The Hall–Kier alpha value is -4.62. The molecule has 0 saturated carbocycles. The molecule has 0 aliphatic carbocycles. The van der Waals surface area contributed by atoms with Crippen molar-refractivity contribution in [2.75, 3.05) is 14.2 Å². The van der Waals surface area contributed by atoms with Crippen molar-refractivity contribution in [3.05, 3.63) is 103 Å². The lowest BCUT2D eigenvalue weighted by Gasteiger charge is -2.14. The zero-order valence-electron chi connectivity index (χ0n) is 18.9. The molecule has 4 heteroatoms. The van der Waals surface area contributed by atoms with Gasteiger partial charge < -0.3 is 9.47 Å². The molecule has 164 valence electrons. The van der Waals surface area contributed by atoms with E-state index in [9.17, 15) is 5.26 Å². The molecular weight excluding hydrogens is 420 g/mol. The Morgan fingerprint density at radius 3 is 1.68 bits per heavy atom. The van der Waals surface area contributed by atoms with Gasteiger partial charge in [0.2, 0.25) is 0 Å². The van der Waals surface area contributed by atoms with E-state index >= 15 is 0 Å². The minimum Gasteiger partial charge on any atom is -0.493 e. The third-order valence-corrected chi connectivity index (χ3v) is 5.88. The smallest absolute Gasteiger partial charge is 0.162 e. The van der Waals surface area contributed by atoms with Crippen molar-refractivity contribution >= 4 is 10.9 Å². The number of ether oxygens (including phenoxy) is 2. The van der Waals surface area contributed by atoms with E-state index in [4.69, 9.17) is 9.47 Å². The van der Waals surface area contributed by atoms with Crippen molar-refractivity contribution in [1.82, 2.24) is 4.98 Å². The zero-order chi connectivity index (χ0) is 23.5. The average molecular weight is 443 g/mol. The topological polar surface area (TPSA) is 55.1 Å². The molecule has 0 saturated heterocycles. The van der Waals surface area contributed by atoms with Crippen LogP contribution in [0, 0.1) is 11.3 Å². The van der Waals surface area contributed by atoms with Crippen LogP contribution in [-0.2, 0) is 0 Å². The minimum absolute atomic E-state index is 0.365. The summed E-state index contributed by atoms with van der Waals surface area (Å²) in [6.07, 6.45) is 0. The minimum atomic E-state index is 0.365. The van der Waals surface area contributed by atoms with E-state index in [-0.39, 0.29) is 0 Å². The number of nitriles is 1. The van der Waals surface area contributed by atoms with Crippen molar-refractivity contribution in [3.63, 3.8) is 0 Å². The summed E-state index contributed by atoms with van der Waals surface area (Å²) in [4.78, 5) is 4.66. The number of rotatable bonds is 5. The quantitative estimate of drug-likeness (QED) is 0.291. The van der Waals surface area contributed by atoms with Gasteiger partial charge >= 0.3 is 0 Å². The van der Waals surface area contributed by atoms with Gasteiger partial charge in [-0.05, 0) is 58.1 Å². The van der Waals surface area contributed by atoms with E-state index in [1.54, 1.807) is 20.3 Å². The third kappa shape index (κ3) is 3.96. The maximum atomic E-state index is 9.97. The third-order valence-electron chi connectivity index (χ3n) is 5.88. The molecule has 1 aromatic heterocycles. The number of hydrogen-bond acceptors (Lipinski definition) is 4. The van der Waals surface area contributed by atoms with Gasteiger partial charge in [0.1, 0.15) is 11.8 Å². The highest BCUT2D eigenvalue weighted by Crippen LogP contribution is 2.37. The van der Waals surface area contributed by atoms with E-state index in [1.807, 2.05) is 48.5 Å². The summed E-state index contributed by atoms with van der Waals surface area (Å²) in [6, 6.07) is 34.9. The summed E-state index contributed by atoms with van der Waals surface area (Å²) >= 11 is 0. The van der Waals surface area contributed by atoms with Crippen molar-refractivity contribution in [1.29, 1.82) is 5.26 Å². The summed E-state index contributed by atoms with van der Waals surface area (Å²) in [7, 11) is 3.20. The molecule has 0 unspecified atom stereocenters. The lowest BCUT2D eigenvalue weighted by Crippen LogP contribution is -1.95. The molecule has 1 heterocycles. The summed E-state index contributed by atoms with van der Waals surface area (Å²) in [5, 5.41) is 10.8. The molecule has 4 nitrogen and oxygen atoms in total. The first kappa shape index (κ1) is 21.2. The molecule has 0 atom stereocenters. The second-order valence-electron chi connectivity index (χ2n) is 7.93. The predicted octanol–water partition coefficient (Wildman–Crippen LogP) is 7.12. The highest BCUT2D eigenvalue weighted by Gasteiger charge is 2.15. The van der Waals surface area contributed by atoms with Gasteiger partial charge in [-0.1, -0.05) is 60.7 Å². The Bertz CT molecular complexity index is 1460. The molecule has 5 aromatic rings. The molecule has 0 spiro atoms. The molecule has 0 amide bonds. The SMILES string of the molecule is COc1cc2cc(-c3cc(-c4ccccc4)cc(-c4ccccc4)c3)c(C#N)nc2cc1OC. The van der Waals surface area contributed by atoms with Crippen LogP contribution in [0.2, 0.25) is 0 Å². The van der Waals surface area contributed by atoms with E-state index in [2.05, 4.69) is 53.5 Å². The maximum absolute atomic E-state index is 9.97. The molecular formula is C30H22N2O2. The Morgan fingerprint density at radius 2 is 1.15 bits per heavy atom. The molecule has 4 aromatic carbocycles. The predicted molar refractivity (Wildman–Crippen MR) is 136 cm³/mol. The fourth-order valence-electron chi connectivity index (χ4n) is 4.18. The zero-order valence-corrected chi connectivity index (χ0v) is 18.9. The number of pyridine rings is 1. The van der Waals surface area contributed by atoms with Crippen molar-refractivity contribution in [3.8, 4) is 50.9 Å². The lowest BCUT2D eigenvalue weighted by atomic mass is 9.92. The number of fused-ring (bicyclic) bond motifs is 1. The molecule has 0 aliphatic rings. The van der Waals surface area contributed by atoms with Gasteiger partial charge in [-0.3, -0.25) is 0 Å². The van der Waals surface area contributed by atoms with Gasteiger partial charge in [-0.15, -0.1) is 0 Å². The fourth-order valence-corrected chi connectivity index (χ4v) is 4.18. The highest BCUT2D eigenvalue weighted by atomic mass is 16.5. The molecule has 0 aliphatic heterocycles. The normalized spacial score (nSPS) is 10.6. The van der Waals surface area contributed by atoms with Gasteiger partial charge in [-0.2, -0.15) is 5.26 Å². The van der Waals surface area contributed by atoms with Crippen molar-refractivity contribution < 1.29 is 9.47 Å². The van der Waals surface area contributed by atoms with Crippen LogP contribution < -0.4 is 9.47 Å². The van der Waals surface area contributed by atoms with Gasteiger partial charge in [0, 0.05) is 17.0 Å². The Balaban J connectivity index is 1.77. The van der Waals surface area contributed by atoms with Crippen LogP contribution in [0.5, 0.6) is 11.5 Å². The summed E-state index contributed by atoms with van der Waals surface area (Å²) in [5.41, 5.74) is 7.13.